The lowest BCUT2D eigenvalue weighted by Gasteiger charge is -2.26. The number of rotatable bonds is 0. The summed E-state index contributed by atoms with van der Waals surface area (Å²) in [7, 11) is 0. The van der Waals surface area contributed by atoms with Gasteiger partial charge in [-0.15, -0.1) is 0 Å². The van der Waals surface area contributed by atoms with Crippen molar-refractivity contribution in [3.05, 3.63) is 0 Å². The van der Waals surface area contributed by atoms with Gasteiger partial charge in [0.2, 0.25) is 5.91 Å². The van der Waals surface area contributed by atoms with Crippen molar-refractivity contribution in [2.75, 3.05) is 19.6 Å². The molecule has 1 heterocycles. The predicted octanol–water partition coefficient (Wildman–Crippen LogP) is 1.16. The molecular formula is C10H17IN2O3. The number of hydrogen-bond donors (Lipinski definition) is 1. The highest BCUT2D eigenvalue weighted by Gasteiger charge is 2.28. The number of carbonyl (C=O) groups is 2. The Bertz CT molecular complexity index is 288. The van der Waals surface area contributed by atoms with Crippen LogP contribution in [0.5, 0.6) is 0 Å². The minimum atomic E-state index is -0.498. The van der Waals surface area contributed by atoms with Crippen molar-refractivity contribution in [1.29, 1.82) is 0 Å². The average molecular weight is 340 g/mol. The second-order valence-corrected chi connectivity index (χ2v) is 6.19. The fraction of sp³-hybridized carbons (Fsp3) is 0.800. The molecule has 1 rings (SSSR count). The molecule has 0 aromatic carbocycles. The summed E-state index contributed by atoms with van der Waals surface area (Å²) in [5.41, 5.74) is -0.498. The third kappa shape index (κ3) is 4.15. The largest absolute Gasteiger partial charge is 0.444 e. The molecule has 2 amide bonds. The van der Waals surface area contributed by atoms with Gasteiger partial charge in [0.05, 0.1) is 0 Å². The van der Waals surface area contributed by atoms with E-state index in [1.165, 1.54) is 0 Å². The number of amides is 2. The molecule has 0 spiro atoms. The molecule has 1 atom stereocenters. The summed E-state index contributed by atoms with van der Waals surface area (Å²) in [5.74, 6) is -0.0216. The predicted molar refractivity (Wildman–Crippen MR) is 68.6 cm³/mol. The smallest absolute Gasteiger partial charge is 0.410 e. The van der Waals surface area contributed by atoms with Gasteiger partial charge in [0.1, 0.15) is 9.53 Å². The van der Waals surface area contributed by atoms with Gasteiger partial charge in [0, 0.05) is 19.6 Å². The Kier molecular flexibility index (Phi) is 4.40. The van der Waals surface area contributed by atoms with Crippen molar-refractivity contribution < 1.29 is 14.3 Å². The van der Waals surface area contributed by atoms with Gasteiger partial charge in [-0.1, -0.05) is 22.6 Å². The Labute approximate surface area is 109 Å². The molecule has 1 aliphatic heterocycles. The van der Waals surface area contributed by atoms with Gasteiger partial charge in [-0.3, -0.25) is 4.79 Å². The summed E-state index contributed by atoms with van der Waals surface area (Å²) in [6.07, 6.45) is -0.356. The van der Waals surface area contributed by atoms with Crippen molar-refractivity contribution in [2.45, 2.75) is 30.3 Å². The van der Waals surface area contributed by atoms with Crippen molar-refractivity contribution in [3.8, 4) is 0 Å². The molecule has 0 bridgehead atoms. The molecular weight excluding hydrogens is 323 g/mol. The molecule has 0 aromatic rings. The zero-order valence-electron chi connectivity index (χ0n) is 9.75. The number of carbonyl (C=O) groups excluding carboxylic acids is 2. The van der Waals surface area contributed by atoms with Crippen molar-refractivity contribution in [2.24, 2.45) is 0 Å². The highest BCUT2D eigenvalue weighted by Crippen LogP contribution is 2.13. The van der Waals surface area contributed by atoms with Crippen LogP contribution in [0.2, 0.25) is 0 Å². The molecule has 92 valence electrons. The molecule has 0 radical (unpaired) electrons. The molecule has 0 saturated carbocycles. The Balaban J connectivity index is 2.59. The van der Waals surface area contributed by atoms with E-state index < -0.39 is 5.60 Å². The lowest BCUT2D eigenvalue weighted by Crippen LogP contribution is -2.40. The molecule has 0 aromatic heterocycles. The average Bonchev–Trinajstić information content (AvgIpc) is 2.27. The van der Waals surface area contributed by atoms with Gasteiger partial charge in [-0.25, -0.2) is 4.79 Å². The summed E-state index contributed by atoms with van der Waals surface area (Å²) in [6.45, 7) is 6.87. The summed E-state index contributed by atoms with van der Waals surface area (Å²) in [4.78, 5) is 24.7. The van der Waals surface area contributed by atoms with Crippen molar-refractivity contribution in [3.63, 3.8) is 0 Å². The van der Waals surface area contributed by atoms with Gasteiger partial charge < -0.3 is 15.0 Å². The summed E-state index contributed by atoms with van der Waals surface area (Å²) in [5, 5.41) is 2.75. The fourth-order valence-electron chi connectivity index (χ4n) is 1.28. The maximum atomic E-state index is 11.8. The van der Waals surface area contributed by atoms with E-state index in [-0.39, 0.29) is 15.9 Å². The van der Waals surface area contributed by atoms with Crippen LogP contribution >= 0.6 is 22.6 Å². The number of alkyl halides is 1. The lowest BCUT2D eigenvalue weighted by atomic mass is 10.2. The number of halogens is 1. The minimum absolute atomic E-state index is 0.0216. The van der Waals surface area contributed by atoms with Crippen LogP contribution in [0.25, 0.3) is 0 Å². The van der Waals surface area contributed by atoms with Gasteiger partial charge in [-0.05, 0) is 20.8 Å². The van der Waals surface area contributed by atoms with Crippen LogP contribution in [-0.2, 0) is 9.53 Å². The molecule has 1 fully saturated rings. The van der Waals surface area contributed by atoms with Crippen LogP contribution in [-0.4, -0.2) is 46.1 Å². The summed E-state index contributed by atoms with van der Waals surface area (Å²) < 4.78 is 5.05. The van der Waals surface area contributed by atoms with E-state index in [1.54, 1.807) is 4.90 Å². The first-order chi connectivity index (χ1) is 7.29. The highest BCUT2D eigenvalue weighted by atomic mass is 127. The maximum Gasteiger partial charge on any atom is 0.410 e. The van der Waals surface area contributed by atoms with E-state index in [1.807, 2.05) is 43.4 Å². The monoisotopic (exact) mass is 340 g/mol. The Hall–Kier alpha value is -0.530. The van der Waals surface area contributed by atoms with Crippen molar-refractivity contribution >= 4 is 34.6 Å². The van der Waals surface area contributed by atoms with Crippen LogP contribution in [0.1, 0.15) is 20.8 Å². The van der Waals surface area contributed by atoms with E-state index in [4.69, 9.17) is 4.74 Å². The Morgan fingerprint density at radius 3 is 2.75 bits per heavy atom. The quantitative estimate of drug-likeness (QED) is 0.532. The molecule has 6 heteroatoms. The fourth-order valence-corrected chi connectivity index (χ4v) is 1.98. The molecule has 1 saturated heterocycles. The second-order valence-electron chi connectivity index (χ2n) is 4.68. The van der Waals surface area contributed by atoms with Crippen LogP contribution in [0.4, 0.5) is 4.79 Å². The molecule has 1 N–H and O–H groups in total. The third-order valence-electron chi connectivity index (χ3n) is 2.00. The zero-order valence-corrected chi connectivity index (χ0v) is 11.9. The SMILES string of the molecule is CC(C)(C)OC(=O)N1CCNC(=O)C(I)C1. The number of hydrogen-bond acceptors (Lipinski definition) is 3. The first kappa shape index (κ1) is 13.5. The van der Waals surface area contributed by atoms with Gasteiger partial charge in [-0.2, -0.15) is 0 Å². The normalized spacial score (nSPS) is 22.4. The van der Waals surface area contributed by atoms with Crippen LogP contribution in [0.3, 0.4) is 0 Å². The Morgan fingerprint density at radius 2 is 2.19 bits per heavy atom. The van der Waals surface area contributed by atoms with Crippen molar-refractivity contribution in [1.82, 2.24) is 10.2 Å². The molecule has 5 nitrogen and oxygen atoms in total. The van der Waals surface area contributed by atoms with E-state index in [9.17, 15) is 9.59 Å². The van der Waals surface area contributed by atoms with Gasteiger partial charge in [0.15, 0.2) is 0 Å². The van der Waals surface area contributed by atoms with Gasteiger partial charge in [0.25, 0.3) is 0 Å². The first-order valence-corrected chi connectivity index (χ1v) is 6.44. The van der Waals surface area contributed by atoms with Crippen LogP contribution in [0, 0.1) is 0 Å². The van der Waals surface area contributed by atoms with E-state index in [0.717, 1.165) is 0 Å². The first-order valence-electron chi connectivity index (χ1n) is 5.19. The topological polar surface area (TPSA) is 58.6 Å². The Morgan fingerprint density at radius 1 is 1.56 bits per heavy atom. The molecule has 0 aliphatic carbocycles. The van der Waals surface area contributed by atoms with Crippen LogP contribution < -0.4 is 5.32 Å². The maximum absolute atomic E-state index is 11.8. The number of nitrogens with one attached hydrogen (secondary N) is 1. The second kappa shape index (κ2) is 5.20. The zero-order chi connectivity index (χ0) is 12.3. The standard InChI is InChI=1S/C10H17IN2O3/c1-10(2,3)16-9(15)13-5-4-12-8(14)7(11)6-13/h7H,4-6H2,1-3H3,(H,12,14). The summed E-state index contributed by atoms with van der Waals surface area (Å²) in [6, 6.07) is 0. The minimum Gasteiger partial charge on any atom is -0.444 e. The lowest BCUT2D eigenvalue weighted by molar-refractivity contribution is -0.119. The molecule has 1 aliphatic rings. The van der Waals surface area contributed by atoms with Crippen LogP contribution in [0.15, 0.2) is 0 Å². The van der Waals surface area contributed by atoms with Gasteiger partial charge >= 0.3 is 6.09 Å². The number of nitrogens with zero attached hydrogens (tertiary/aromatic N) is 1. The number of ether oxygens (including phenoxy) is 1. The highest BCUT2D eigenvalue weighted by molar-refractivity contribution is 14.1. The molecule has 16 heavy (non-hydrogen) atoms. The molecule has 1 unspecified atom stereocenters. The van der Waals surface area contributed by atoms with E-state index in [2.05, 4.69) is 5.32 Å². The third-order valence-corrected chi connectivity index (χ3v) is 2.96. The van der Waals surface area contributed by atoms with E-state index >= 15 is 0 Å². The summed E-state index contributed by atoms with van der Waals surface area (Å²) >= 11 is 2.03. The van der Waals surface area contributed by atoms with E-state index in [0.29, 0.717) is 19.6 Å².